The Bertz CT molecular complexity index is 1060. The highest BCUT2D eigenvalue weighted by Gasteiger charge is 2.38. The normalized spacial score (nSPS) is 11.3. The summed E-state index contributed by atoms with van der Waals surface area (Å²) in [7, 11) is -2.03. The number of carbonyl (C=O) groups is 2. The van der Waals surface area contributed by atoms with Crippen molar-refractivity contribution in [2.45, 2.75) is 30.2 Å². The summed E-state index contributed by atoms with van der Waals surface area (Å²) in [6, 6.07) is 4.38. The number of nitrogens with one attached hydrogen (secondary N) is 1. The van der Waals surface area contributed by atoms with Crippen LogP contribution in [-0.4, -0.2) is 55.3 Å². The molecule has 0 aliphatic heterocycles. The molecule has 2 heterocycles. The number of carboxylic acids is 2. The molecule has 0 aliphatic rings. The largest absolute Gasteiger partial charge is 0.490 e. The number of aliphatic carboxylic acids is 1. The number of sulfonamides is 1. The van der Waals surface area contributed by atoms with Crippen molar-refractivity contribution in [2.24, 2.45) is 0 Å². The van der Waals surface area contributed by atoms with E-state index in [1.165, 1.54) is 18.3 Å². The second-order valence-corrected chi connectivity index (χ2v) is 10.5. The van der Waals surface area contributed by atoms with Crippen LogP contribution in [0.15, 0.2) is 32.4 Å². The summed E-state index contributed by atoms with van der Waals surface area (Å²) in [5.74, 6) is -3.61. The van der Waals surface area contributed by atoms with Gasteiger partial charge >= 0.3 is 18.1 Å². The minimum absolute atomic E-state index is 0.0498. The van der Waals surface area contributed by atoms with Gasteiger partial charge in [-0.2, -0.15) is 13.2 Å². The first-order valence-electron chi connectivity index (χ1n) is 8.71. The fourth-order valence-electron chi connectivity index (χ4n) is 2.12. The van der Waals surface area contributed by atoms with Gasteiger partial charge in [0.05, 0.1) is 15.7 Å². The van der Waals surface area contributed by atoms with E-state index < -0.39 is 28.1 Å². The first-order valence-corrected chi connectivity index (χ1v) is 11.8. The number of aromatic carboxylic acids is 1. The Morgan fingerprint density at radius 3 is 2.31 bits per heavy atom. The molecule has 0 spiro atoms. The van der Waals surface area contributed by atoms with Gasteiger partial charge in [-0.1, -0.05) is 13.3 Å². The number of thiophene rings is 1. The Labute approximate surface area is 194 Å². The van der Waals surface area contributed by atoms with Gasteiger partial charge < -0.3 is 15.1 Å². The van der Waals surface area contributed by atoms with E-state index in [1.807, 2.05) is 6.92 Å². The molecule has 2 aromatic heterocycles. The summed E-state index contributed by atoms with van der Waals surface area (Å²) in [6.45, 7) is 2.71. The highest BCUT2D eigenvalue weighted by atomic mass is 79.9. The molecule has 178 valence electrons. The van der Waals surface area contributed by atoms with E-state index in [4.69, 9.17) is 9.90 Å². The number of carboxylic acid groups (broad SMARTS) is 2. The van der Waals surface area contributed by atoms with Crippen molar-refractivity contribution in [1.82, 2.24) is 4.98 Å². The third-order valence-electron chi connectivity index (χ3n) is 3.61. The maximum atomic E-state index is 12.3. The lowest BCUT2D eigenvalue weighted by Crippen LogP contribution is -2.23. The van der Waals surface area contributed by atoms with E-state index >= 15 is 0 Å². The van der Waals surface area contributed by atoms with E-state index in [-0.39, 0.29) is 15.5 Å². The van der Waals surface area contributed by atoms with Gasteiger partial charge in [0.2, 0.25) is 0 Å². The Morgan fingerprint density at radius 1 is 1.28 bits per heavy atom. The van der Waals surface area contributed by atoms with Gasteiger partial charge in [-0.25, -0.2) is 23.0 Å². The quantitative estimate of drug-likeness (QED) is 0.434. The molecule has 15 heteroatoms. The number of rotatable bonds is 8. The molecule has 0 atom stereocenters. The lowest BCUT2D eigenvalue weighted by atomic mass is 10.2. The number of alkyl halides is 3. The minimum atomic E-state index is -5.08. The summed E-state index contributed by atoms with van der Waals surface area (Å²) in [5, 5.41) is 16.6. The molecule has 0 fully saturated rings. The van der Waals surface area contributed by atoms with Crippen LogP contribution in [0.25, 0.3) is 0 Å². The molecular weight excluding hydrogens is 543 g/mol. The first-order chi connectivity index (χ1) is 14.7. The van der Waals surface area contributed by atoms with Crippen LogP contribution in [0.4, 0.5) is 24.7 Å². The van der Waals surface area contributed by atoms with Gasteiger partial charge in [0, 0.05) is 13.6 Å². The standard InChI is InChI=1S/C15H18BrN3O4S2.C2HF3O2/c1-3-4-7-19(2)14-11(15(20)21)8-10(9-17-14)18-25(22,23)13-6-5-12(16)24-13;3-2(4,5)1(6)7/h5-6,8-9,18H,3-4,7H2,1-2H3,(H,20,21);(H,6,7). The van der Waals surface area contributed by atoms with Crippen LogP contribution >= 0.6 is 27.3 Å². The molecule has 32 heavy (non-hydrogen) atoms. The van der Waals surface area contributed by atoms with Crippen molar-refractivity contribution in [3.05, 3.63) is 33.7 Å². The molecule has 2 aromatic rings. The van der Waals surface area contributed by atoms with Crippen LogP contribution in [0.1, 0.15) is 30.1 Å². The zero-order valence-electron chi connectivity index (χ0n) is 16.7. The van der Waals surface area contributed by atoms with Crippen molar-refractivity contribution in [3.63, 3.8) is 0 Å². The second kappa shape index (κ2) is 11.5. The fraction of sp³-hybridized carbons (Fsp3) is 0.353. The summed E-state index contributed by atoms with van der Waals surface area (Å²) in [6.07, 6.45) is -1.88. The topological polar surface area (TPSA) is 137 Å². The van der Waals surface area contributed by atoms with Crippen molar-refractivity contribution in [1.29, 1.82) is 0 Å². The van der Waals surface area contributed by atoms with Crippen LogP contribution in [0.3, 0.4) is 0 Å². The SMILES string of the molecule is CCCCN(C)c1ncc(NS(=O)(=O)c2ccc(Br)s2)cc1C(=O)O.O=C(O)C(F)(F)F. The van der Waals surface area contributed by atoms with Crippen LogP contribution in [-0.2, 0) is 14.8 Å². The van der Waals surface area contributed by atoms with Gasteiger partial charge in [-0.15, -0.1) is 11.3 Å². The number of pyridine rings is 1. The Hall–Kier alpha value is -2.39. The van der Waals surface area contributed by atoms with E-state index in [9.17, 15) is 31.5 Å². The smallest absolute Gasteiger partial charge is 0.478 e. The molecule has 0 bridgehead atoms. The van der Waals surface area contributed by atoms with Gasteiger partial charge in [0.25, 0.3) is 10.0 Å². The predicted molar refractivity (Wildman–Crippen MR) is 116 cm³/mol. The molecule has 0 unspecified atom stereocenters. The van der Waals surface area contributed by atoms with Crippen molar-refractivity contribution in [2.75, 3.05) is 23.2 Å². The number of halogens is 4. The molecule has 9 nitrogen and oxygen atoms in total. The average molecular weight is 562 g/mol. The second-order valence-electron chi connectivity index (χ2n) is 6.14. The Morgan fingerprint density at radius 2 is 1.88 bits per heavy atom. The third-order valence-corrected chi connectivity index (χ3v) is 7.11. The van der Waals surface area contributed by atoms with E-state index in [2.05, 4.69) is 25.6 Å². The molecule has 0 saturated carbocycles. The average Bonchev–Trinajstić information content (AvgIpc) is 3.13. The predicted octanol–water partition coefficient (Wildman–Crippen LogP) is 4.27. The number of hydrogen-bond acceptors (Lipinski definition) is 7. The fourth-order valence-corrected chi connectivity index (χ4v) is 5.17. The van der Waals surface area contributed by atoms with Crippen molar-refractivity contribution >= 4 is 60.7 Å². The zero-order valence-corrected chi connectivity index (χ0v) is 19.9. The molecule has 0 aliphatic carbocycles. The van der Waals surface area contributed by atoms with Gasteiger partial charge in [-0.05, 0) is 40.5 Å². The molecule has 3 N–H and O–H groups in total. The zero-order chi connectivity index (χ0) is 24.7. The van der Waals surface area contributed by atoms with Crippen LogP contribution in [0.5, 0.6) is 0 Å². The van der Waals surface area contributed by atoms with Crippen LogP contribution in [0, 0.1) is 0 Å². The highest BCUT2D eigenvalue weighted by Crippen LogP contribution is 2.28. The Kier molecular flexibility index (Phi) is 9.91. The lowest BCUT2D eigenvalue weighted by molar-refractivity contribution is -0.192. The van der Waals surface area contributed by atoms with E-state index in [0.29, 0.717) is 16.1 Å². The Balaban J connectivity index is 0.000000633. The monoisotopic (exact) mass is 561 g/mol. The lowest BCUT2D eigenvalue weighted by Gasteiger charge is -2.20. The molecule has 0 radical (unpaired) electrons. The minimum Gasteiger partial charge on any atom is -0.478 e. The third kappa shape index (κ3) is 8.27. The number of unbranched alkanes of at least 4 members (excludes halogenated alkanes) is 1. The number of anilines is 2. The van der Waals surface area contributed by atoms with Crippen LogP contribution in [0.2, 0.25) is 0 Å². The van der Waals surface area contributed by atoms with E-state index in [0.717, 1.165) is 24.2 Å². The maximum absolute atomic E-state index is 12.3. The molecular formula is C17H19BrF3N3O6S2. The number of nitrogens with zero attached hydrogens (tertiary/aromatic N) is 2. The molecule has 2 rings (SSSR count). The first kappa shape index (κ1) is 27.6. The summed E-state index contributed by atoms with van der Waals surface area (Å²) < 4.78 is 59.6. The maximum Gasteiger partial charge on any atom is 0.490 e. The molecule has 0 amide bonds. The molecule has 0 aromatic carbocycles. The van der Waals surface area contributed by atoms with Crippen LogP contribution < -0.4 is 9.62 Å². The highest BCUT2D eigenvalue weighted by molar-refractivity contribution is 9.11. The summed E-state index contributed by atoms with van der Waals surface area (Å²) in [5.41, 5.74) is 0.0562. The van der Waals surface area contributed by atoms with Gasteiger partial charge in [0.1, 0.15) is 15.6 Å². The van der Waals surface area contributed by atoms with Gasteiger partial charge in [-0.3, -0.25) is 4.72 Å². The van der Waals surface area contributed by atoms with Crippen molar-refractivity contribution < 1.29 is 41.4 Å². The summed E-state index contributed by atoms with van der Waals surface area (Å²) >= 11 is 4.28. The van der Waals surface area contributed by atoms with E-state index in [1.54, 1.807) is 18.0 Å². The molecule has 0 saturated heterocycles. The number of hydrogen-bond donors (Lipinski definition) is 3. The van der Waals surface area contributed by atoms with Gasteiger partial charge in [0.15, 0.2) is 0 Å². The summed E-state index contributed by atoms with van der Waals surface area (Å²) in [4.78, 5) is 26.3. The number of aromatic nitrogens is 1. The van der Waals surface area contributed by atoms with Crippen molar-refractivity contribution in [3.8, 4) is 0 Å².